The monoisotopic (exact) mass is 494 g/mol. The number of nitrogens with zero attached hydrogens (tertiary/aromatic N) is 3. The molecule has 188 valence electrons. The van der Waals surface area contributed by atoms with Crippen molar-refractivity contribution in [2.45, 2.75) is 37.9 Å². The molecule has 3 atom stereocenters. The number of carbonyl (C=O) groups is 1. The molecule has 1 amide bonds. The first-order chi connectivity index (χ1) is 17.3. The van der Waals surface area contributed by atoms with E-state index in [1.54, 1.807) is 6.07 Å². The first-order valence-corrected chi connectivity index (χ1v) is 12.7. The third-order valence-corrected chi connectivity index (χ3v) is 8.14. The Morgan fingerprint density at radius 2 is 1.69 bits per heavy atom. The fourth-order valence-electron chi connectivity index (χ4n) is 6.25. The molecule has 1 N–H and O–H groups in total. The summed E-state index contributed by atoms with van der Waals surface area (Å²) in [6.45, 7) is 2.36. The fourth-order valence-corrected chi connectivity index (χ4v) is 6.25. The van der Waals surface area contributed by atoms with E-state index in [9.17, 15) is 18.0 Å². The number of alkyl halides is 3. The second-order valence-electron chi connectivity index (χ2n) is 10.3. The van der Waals surface area contributed by atoms with Crippen LogP contribution in [0.4, 0.5) is 24.7 Å². The van der Waals surface area contributed by atoms with Gasteiger partial charge in [0, 0.05) is 43.3 Å². The molecule has 2 bridgehead atoms. The summed E-state index contributed by atoms with van der Waals surface area (Å²) in [6.07, 6.45) is 0.426. The zero-order valence-corrected chi connectivity index (χ0v) is 20.0. The van der Waals surface area contributed by atoms with Gasteiger partial charge in [-0.15, -0.1) is 0 Å². The molecule has 36 heavy (non-hydrogen) atoms. The number of amides is 1. The van der Waals surface area contributed by atoms with Gasteiger partial charge in [-0.1, -0.05) is 30.7 Å². The molecule has 3 fully saturated rings. The Bertz CT molecular complexity index is 1290. The van der Waals surface area contributed by atoms with Crippen LogP contribution in [-0.4, -0.2) is 43.1 Å². The van der Waals surface area contributed by atoms with Crippen LogP contribution in [0.25, 0.3) is 10.9 Å². The largest absolute Gasteiger partial charge is 0.416 e. The molecule has 2 saturated carbocycles. The summed E-state index contributed by atoms with van der Waals surface area (Å²) >= 11 is 0. The van der Waals surface area contributed by atoms with Gasteiger partial charge in [0.2, 0.25) is 0 Å². The molecule has 2 aliphatic carbocycles. The second-order valence-corrected chi connectivity index (χ2v) is 10.3. The number of pyridine rings is 1. The minimum atomic E-state index is -4.36. The van der Waals surface area contributed by atoms with Crippen molar-refractivity contribution in [2.75, 3.05) is 36.0 Å². The molecule has 5 nitrogen and oxygen atoms in total. The van der Waals surface area contributed by atoms with Crippen LogP contribution in [0.1, 0.15) is 41.6 Å². The van der Waals surface area contributed by atoms with Crippen LogP contribution in [0.2, 0.25) is 0 Å². The van der Waals surface area contributed by atoms with Crippen LogP contribution in [-0.2, 0) is 6.18 Å². The van der Waals surface area contributed by atoms with Crippen LogP contribution in [0.3, 0.4) is 0 Å². The summed E-state index contributed by atoms with van der Waals surface area (Å²) < 4.78 is 39.5. The van der Waals surface area contributed by atoms with Crippen molar-refractivity contribution in [1.82, 2.24) is 10.3 Å². The van der Waals surface area contributed by atoms with Gasteiger partial charge in [-0.05, 0) is 61.4 Å². The summed E-state index contributed by atoms with van der Waals surface area (Å²) in [5, 5.41) is 4.15. The van der Waals surface area contributed by atoms with E-state index in [4.69, 9.17) is 4.98 Å². The van der Waals surface area contributed by atoms with Gasteiger partial charge < -0.3 is 15.1 Å². The molecule has 6 rings (SSSR count). The van der Waals surface area contributed by atoms with E-state index < -0.39 is 11.7 Å². The van der Waals surface area contributed by atoms with Gasteiger partial charge in [0.15, 0.2) is 0 Å². The molecule has 3 aromatic rings. The average Bonchev–Trinajstić information content (AvgIpc) is 3.51. The number of para-hydroxylation sites is 1. The number of aromatic nitrogens is 1. The lowest BCUT2D eigenvalue weighted by Crippen LogP contribution is -2.47. The van der Waals surface area contributed by atoms with E-state index in [-0.39, 0.29) is 11.9 Å². The minimum absolute atomic E-state index is 0.0463. The maximum atomic E-state index is 13.4. The lowest BCUT2D eigenvalue weighted by atomic mass is 9.95. The van der Waals surface area contributed by atoms with Gasteiger partial charge in [-0.3, -0.25) is 4.79 Å². The molecule has 1 aliphatic heterocycles. The predicted octanol–water partition coefficient (Wildman–Crippen LogP) is 5.50. The first kappa shape index (κ1) is 23.1. The third kappa shape index (κ3) is 4.38. The summed E-state index contributed by atoms with van der Waals surface area (Å²) in [7, 11) is 0. The minimum Gasteiger partial charge on any atom is -0.368 e. The van der Waals surface area contributed by atoms with Crippen molar-refractivity contribution in [3.05, 3.63) is 65.7 Å². The van der Waals surface area contributed by atoms with Gasteiger partial charge in [0.25, 0.3) is 5.91 Å². The summed E-state index contributed by atoms with van der Waals surface area (Å²) in [5.74, 6) is 2.03. The maximum absolute atomic E-state index is 13.4. The van der Waals surface area contributed by atoms with Crippen molar-refractivity contribution in [2.24, 2.45) is 11.8 Å². The zero-order valence-electron chi connectivity index (χ0n) is 20.0. The molecule has 1 aromatic heterocycles. The highest BCUT2D eigenvalue weighted by Gasteiger charge is 2.40. The third-order valence-electron chi connectivity index (χ3n) is 8.14. The Kier molecular flexibility index (Phi) is 5.77. The number of anilines is 2. The number of rotatable bonds is 4. The molecule has 2 heterocycles. The van der Waals surface area contributed by atoms with E-state index in [1.807, 2.05) is 35.2 Å². The van der Waals surface area contributed by atoms with Crippen LogP contribution in [0.5, 0.6) is 0 Å². The molecule has 0 radical (unpaired) electrons. The van der Waals surface area contributed by atoms with E-state index in [1.165, 1.54) is 31.4 Å². The second kappa shape index (κ2) is 8.98. The highest BCUT2D eigenvalue weighted by atomic mass is 19.4. The van der Waals surface area contributed by atoms with Crippen molar-refractivity contribution < 1.29 is 18.0 Å². The van der Waals surface area contributed by atoms with Crippen LogP contribution in [0, 0.1) is 11.8 Å². The highest BCUT2D eigenvalue weighted by molar-refractivity contribution is 6.07. The van der Waals surface area contributed by atoms with Crippen molar-refractivity contribution in [1.29, 1.82) is 0 Å². The van der Waals surface area contributed by atoms with E-state index in [2.05, 4.69) is 10.2 Å². The van der Waals surface area contributed by atoms with Gasteiger partial charge in [-0.25, -0.2) is 4.98 Å². The Morgan fingerprint density at radius 1 is 0.917 bits per heavy atom. The molecular formula is C28H29F3N4O. The molecule has 0 spiro atoms. The number of carbonyl (C=O) groups excluding carboxylic acids is 1. The number of hydrogen-bond donors (Lipinski definition) is 1. The van der Waals surface area contributed by atoms with Gasteiger partial charge >= 0.3 is 6.18 Å². The SMILES string of the molecule is O=C(N[C@H]1C[C@H]2CC[C@@H]1C2)c1cc(N2CCN(c3cccc(C(F)(F)F)c3)CC2)nc2ccccc12. The number of nitrogens with one attached hydrogen (secondary N) is 1. The van der Waals surface area contributed by atoms with Crippen molar-refractivity contribution >= 4 is 28.3 Å². The zero-order chi connectivity index (χ0) is 24.9. The van der Waals surface area contributed by atoms with Gasteiger partial charge in [0.05, 0.1) is 16.6 Å². The number of hydrogen-bond acceptors (Lipinski definition) is 4. The topological polar surface area (TPSA) is 48.5 Å². The number of halogens is 3. The predicted molar refractivity (Wildman–Crippen MR) is 134 cm³/mol. The highest BCUT2D eigenvalue weighted by Crippen LogP contribution is 2.44. The normalized spacial score (nSPS) is 23.9. The summed E-state index contributed by atoms with van der Waals surface area (Å²) in [6, 6.07) is 15.3. The molecule has 0 unspecified atom stereocenters. The van der Waals surface area contributed by atoms with E-state index in [0.717, 1.165) is 35.1 Å². The quantitative estimate of drug-likeness (QED) is 0.521. The Morgan fingerprint density at radius 3 is 2.42 bits per heavy atom. The van der Waals surface area contributed by atoms with Gasteiger partial charge in [-0.2, -0.15) is 13.2 Å². The summed E-state index contributed by atoms with van der Waals surface area (Å²) in [5.41, 5.74) is 1.35. The number of benzene rings is 2. The molecule has 3 aliphatic rings. The van der Waals surface area contributed by atoms with E-state index >= 15 is 0 Å². The Hall–Kier alpha value is -3.29. The van der Waals surface area contributed by atoms with Gasteiger partial charge in [0.1, 0.15) is 5.82 Å². The van der Waals surface area contributed by atoms with E-state index in [0.29, 0.717) is 43.3 Å². The Balaban J connectivity index is 1.21. The Labute approximate surface area is 208 Å². The average molecular weight is 495 g/mol. The van der Waals surface area contributed by atoms with Crippen LogP contribution >= 0.6 is 0 Å². The van der Waals surface area contributed by atoms with Crippen LogP contribution < -0.4 is 15.1 Å². The number of piperazine rings is 1. The molecular weight excluding hydrogens is 465 g/mol. The molecule has 8 heteroatoms. The van der Waals surface area contributed by atoms with Crippen molar-refractivity contribution in [3.8, 4) is 0 Å². The summed E-state index contributed by atoms with van der Waals surface area (Å²) in [4.78, 5) is 22.3. The first-order valence-electron chi connectivity index (χ1n) is 12.7. The standard InChI is InChI=1S/C28H29F3N4O/c29-28(30,31)20-4-3-5-21(16-20)34-10-12-35(13-11-34)26-17-23(22-6-1-2-7-24(22)32-26)27(36)33-25-15-18-8-9-19(25)14-18/h1-7,16-19,25H,8-15H2,(H,33,36)/t18-,19+,25-/m0/s1. The lowest BCUT2D eigenvalue weighted by molar-refractivity contribution is -0.137. The lowest BCUT2D eigenvalue weighted by Gasteiger charge is -2.37. The van der Waals surface area contributed by atoms with Crippen LogP contribution in [0.15, 0.2) is 54.6 Å². The number of fused-ring (bicyclic) bond motifs is 3. The molecule has 1 saturated heterocycles. The smallest absolute Gasteiger partial charge is 0.368 e. The molecule has 2 aromatic carbocycles. The van der Waals surface area contributed by atoms with Crippen molar-refractivity contribution in [3.63, 3.8) is 0 Å². The maximum Gasteiger partial charge on any atom is 0.416 e. The fraction of sp³-hybridized carbons (Fsp3) is 0.429.